The van der Waals surface area contributed by atoms with Gasteiger partial charge in [-0.2, -0.15) is 0 Å². The van der Waals surface area contributed by atoms with Crippen LogP contribution in [0.15, 0.2) is 36.5 Å². The average molecular weight is 311 g/mol. The van der Waals surface area contributed by atoms with Crippen LogP contribution in [0.5, 0.6) is 0 Å². The molecule has 104 valence electrons. The summed E-state index contributed by atoms with van der Waals surface area (Å²) in [5.74, 6) is -2.62. The number of aliphatic carboxylic acids is 2. The second kappa shape index (κ2) is 8.07. The van der Waals surface area contributed by atoms with Crippen LogP contribution in [0.1, 0.15) is 6.42 Å². The summed E-state index contributed by atoms with van der Waals surface area (Å²) in [6.07, 6.45) is 0.903. The minimum Gasteiger partial charge on any atom is -0.697 e. The van der Waals surface area contributed by atoms with Crippen molar-refractivity contribution in [3.8, 4) is 0 Å². The molecule has 0 saturated carbocycles. The monoisotopic (exact) mass is 310 g/mol. The van der Waals surface area contributed by atoms with Crippen LogP contribution in [0, 0.1) is 0 Å². The predicted octanol–water partition coefficient (Wildman–Crippen LogP) is 2.46. The molecule has 0 bridgehead atoms. The molecule has 0 fully saturated rings. The minimum atomic E-state index is -1.31. The standard InChI is InChI=1S/C9H7N2.C3H4O4.Cu/c10-8-5-1-3-7-4-2-6-11-9(7)8;4-2(5)1-3(6)7;/h1-6,10H;1H2,(H,4,5)(H,6,7);/q-1;;+1. The van der Waals surface area contributed by atoms with Gasteiger partial charge in [0.25, 0.3) is 0 Å². The molecule has 0 amide bonds. The van der Waals surface area contributed by atoms with Gasteiger partial charge in [-0.3, -0.25) is 14.6 Å². The van der Waals surface area contributed by atoms with E-state index in [-0.39, 0.29) is 17.1 Å². The quantitative estimate of drug-likeness (QED) is 0.653. The molecule has 2 rings (SSSR count). The van der Waals surface area contributed by atoms with Crippen LogP contribution in [0.4, 0.5) is 5.69 Å². The number of nitrogens with one attached hydrogen (secondary N) is 1. The number of pyridine rings is 1. The fourth-order valence-corrected chi connectivity index (χ4v) is 1.23. The summed E-state index contributed by atoms with van der Waals surface area (Å²) < 4.78 is 0. The largest absolute Gasteiger partial charge is 1.00 e. The van der Waals surface area contributed by atoms with E-state index >= 15 is 0 Å². The van der Waals surface area contributed by atoms with Crippen LogP contribution in [-0.4, -0.2) is 27.1 Å². The Morgan fingerprint density at radius 2 is 1.68 bits per heavy atom. The average Bonchev–Trinajstić information content (AvgIpc) is 2.29. The number of aromatic nitrogens is 1. The van der Waals surface area contributed by atoms with Gasteiger partial charge in [0.2, 0.25) is 0 Å². The van der Waals surface area contributed by atoms with E-state index in [2.05, 4.69) is 4.98 Å². The number of benzene rings is 1. The van der Waals surface area contributed by atoms with Crippen molar-refractivity contribution in [3.05, 3.63) is 42.3 Å². The molecule has 7 heteroatoms. The molecule has 3 N–H and O–H groups in total. The number of hydrogen-bond donors (Lipinski definition) is 2. The molecule has 1 heterocycles. The Hall–Kier alpha value is -2.11. The van der Waals surface area contributed by atoms with Crippen molar-refractivity contribution >= 4 is 28.5 Å². The van der Waals surface area contributed by atoms with Crippen LogP contribution in [-0.2, 0) is 26.7 Å². The first-order valence-electron chi connectivity index (χ1n) is 4.99. The molecule has 19 heavy (non-hydrogen) atoms. The van der Waals surface area contributed by atoms with Crippen LogP contribution in [0.25, 0.3) is 16.6 Å². The van der Waals surface area contributed by atoms with Gasteiger partial charge in [0.1, 0.15) is 6.42 Å². The number of carbonyl (C=O) groups is 2. The summed E-state index contributed by atoms with van der Waals surface area (Å²) in [5.41, 5.74) is 8.76. The van der Waals surface area contributed by atoms with Gasteiger partial charge in [-0.05, 0) is 11.5 Å². The van der Waals surface area contributed by atoms with Crippen LogP contribution < -0.4 is 0 Å². The van der Waals surface area contributed by atoms with Crippen molar-refractivity contribution < 1.29 is 36.9 Å². The van der Waals surface area contributed by atoms with Crippen molar-refractivity contribution in [2.45, 2.75) is 6.42 Å². The normalized spacial score (nSPS) is 8.84. The summed E-state index contributed by atoms with van der Waals surface area (Å²) in [6.45, 7) is 0. The fraction of sp³-hybridized carbons (Fsp3) is 0.0833. The fourth-order valence-electron chi connectivity index (χ4n) is 1.23. The predicted molar refractivity (Wildman–Crippen MR) is 65.6 cm³/mol. The molecule has 1 aromatic carbocycles. The van der Waals surface area contributed by atoms with Gasteiger partial charge in [0.05, 0.1) is 5.52 Å². The number of carboxylic acids is 2. The molecule has 1 aromatic heterocycles. The Balaban J connectivity index is 0.000000360. The number of fused-ring (bicyclic) bond motifs is 1. The van der Waals surface area contributed by atoms with Crippen molar-refractivity contribution in [1.29, 1.82) is 0 Å². The van der Waals surface area contributed by atoms with Gasteiger partial charge in [0, 0.05) is 6.20 Å². The smallest absolute Gasteiger partial charge is 0.697 e. The summed E-state index contributed by atoms with van der Waals surface area (Å²) >= 11 is 0. The molecule has 0 aliphatic rings. The molecule has 2 aromatic rings. The molecule has 0 aliphatic carbocycles. The zero-order valence-electron chi connectivity index (χ0n) is 9.63. The van der Waals surface area contributed by atoms with Crippen LogP contribution in [0.2, 0.25) is 0 Å². The van der Waals surface area contributed by atoms with E-state index in [4.69, 9.17) is 15.9 Å². The summed E-state index contributed by atoms with van der Waals surface area (Å²) in [7, 11) is 0. The molecular weight excluding hydrogens is 300 g/mol. The van der Waals surface area contributed by atoms with E-state index in [0.29, 0.717) is 5.69 Å². The van der Waals surface area contributed by atoms with Crippen molar-refractivity contribution in [3.63, 3.8) is 0 Å². The number of carboxylic acid groups (broad SMARTS) is 2. The summed E-state index contributed by atoms with van der Waals surface area (Å²) in [5, 5.41) is 16.4. The van der Waals surface area contributed by atoms with E-state index in [1.54, 1.807) is 12.3 Å². The third-order valence-electron chi connectivity index (χ3n) is 1.94. The SMILES string of the molecule is O=C(O)CC(=O)O.[Cu+].[NH-]c1cccc2cccnc12. The van der Waals surface area contributed by atoms with Crippen LogP contribution in [0.3, 0.4) is 0 Å². The molecular formula is C12H11CuN2O4. The molecule has 6 nitrogen and oxygen atoms in total. The number of rotatable bonds is 2. The Kier molecular flexibility index (Phi) is 7.18. The van der Waals surface area contributed by atoms with E-state index in [0.717, 1.165) is 10.9 Å². The second-order valence-electron chi connectivity index (χ2n) is 3.34. The molecule has 0 aliphatic heterocycles. The molecule has 0 atom stereocenters. The molecule has 0 saturated heterocycles. The number of para-hydroxylation sites is 1. The van der Waals surface area contributed by atoms with Crippen molar-refractivity contribution in [2.24, 2.45) is 0 Å². The zero-order chi connectivity index (χ0) is 13.5. The van der Waals surface area contributed by atoms with Crippen molar-refractivity contribution in [2.75, 3.05) is 0 Å². The number of nitrogens with zero attached hydrogens (tertiary/aromatic N) is 1. The topological polar surface area (TPSA) is 111 Å². The van der Waals surface area contributed by atoms with Gasteiger partial charge in [-0.15, -0.1) is 5.69 Å². The summed E-state index contributed by atoms with van der Waals surface area (Å²) in [4.78, 5) is 23.0. The maximum atomic E-state index is 9.43. The van der Waals surface area contributed by atoms with Crippen LogP contribution >= 0.6 is 0 Å². The zero-order valence-corrected chi connectivity index (χ0v) is 10.6. The van der Waals surface area contributed by atoms with Gasteiger partial charge >= 0.3 is 29.0 Å². The van der Waals surface area contributed by atoms with Gasteiger partial charge in [-0.1, -0.05) is 24.3 Å². The number of hydrogen-bond acceptors (Lipinski definition) is 3. The Morgan fingerprint density at radius 1 is 1.11 bits per heavy atom. The molecule has 0 radical (unpaired) electrons. The second-order valence-corrected chi connectivity index (χ2v) is 3.34. The minimum absolute atomic E-state index is 0. The first-order valence-corrected chi connectivity index (χ1v) is 4.99. The van der Waals surface area contributed by atoms with E-state index < -0.39 is 18.4 Å². The first-order chi connectivity index (χ1) is 8.50. The maximum absolute atomic E-state index is 9.43. The first kappa shape index (κ1) is 16.9. The molecule has 0 spiro atoms. The van der Waals surface area contributed by atoms with Gasteiger partial charge < -0.3 is 15.9 Å². The summed E-state index contributed by atoms with van der Waals surface area (Å²) in [6, 6.07) is 9.41. The third kappa shape index (κ3) is 5.85. The van der Waals surface area contributed by atoms with E-state index in [1.165, 1.54) is 0 Å². The Labute approximate surface area is 119 Å². The Bertz CT molecular complexity index is 557. The van der Waals surface area contributed by atoms with E-state index in [1.807, 2.05) is 24.3 Å². The maximum Gasteiger partial charge on any atom is 1.00 e. The third-order valence-corrected chi connectivity index (χ3v) is 1.94. The van der Waals surface area contributed by atoms with Gasteiger partial charge in [0.15, 0.2) is 0 Å². The van der Waals surface area contributed by atoms with E-state index in [9.17, 15) is 9.59 Å². The molecule has 0 unspecified atom stereocenters. The van der Waals surface area contributed by atoms with Gasteiger partial charge in [-0.25, -0.2) is 0 Å². The Morgan fingerprint density at radius 3 is 2.16 bits per heavy atom. The van der Waals surface area contributed by atoms with Crippen molar-refractivity contribution in [1.82, 2.24) is 4.98 Å².